The van der Waals surface area contributed by atoms with E-state index in [4.69, 9.17) is 0 Å². The Balaban J connectivity index is 1.59. The van der Waals surface area contributed by atoms with Crippen LogP contribution in [-0.2, 0) is 9.59 Å². The lowest BCUT2D eigenvalue weighted by atomic mass is 9.93. The first-order chi connectivity index (χ1) is 13.1. The van der Waals surface area contributed by atoms with Gasteiger partial charge in [0, 0.05) is 38.9 Å². The fourth-order valence-electron chi connectivity index (χ4n) is 3.34. The van der Waals surface area contributed by atoms with Crippen LogP contribution in [0.5, 0.6) is 0 Å². The lowest BCUT2D eigenvalue weighted by Gasteiger charge is -2.32. The van der Waals surface area contributed by atoms with Crippen LogP contribution in [0.15, 0.2) is 60.8 Å². The van der Waals surface area contributed by atoms with E-state index >= 15 is 0 Å². The number of likely N-dealkylation sites (N-methyl/N-ethyl adjacent to an activating group) is 1. The van der Waals surface area contributed by atoms with Crippen LogP contribution < -0.4 is 10.2 Å². The largest absolute Gasteiger partial charge is 0.373 e. The molecule has 27 heavy (non-hydrogen) atoms. The molecule has 0 saturated carbocycles. The van der Waals surface area contributed by atoms with E-state index in [9.17, 15) is 9.59 Å². The number of amides is 2. The molecule has 1 aliphatic heterocycles. The topological polar surface area (TPSA) is 52.7 Å². The first-order valence-corrected chi connectivity index (χ1v) is 9.15. The summed E-state index contributed by atoms with van der Waals surface area (Å²) in [5, 5.41) is 2.98. The summed E-state index contributed by atoms with van der Waals surface area (Å²) in [5.41, 5.74) is 3.17. The van der Waals surface area contributed by atoms with Crippen molar-refractivity contribution >= 4 is 23.6 Å². The van der Waals surface area contributed by atoms with Crippen molar-refractivity contribution in [3.05, 3.63) is 71.9 Å². The van der Waals surface area contributed by atoms with Crippen LogP contribution >= 0.6 is 0 Å². The van der Waals surface area contributed by atoms with Gasteiger partial charge in [-0.25, -0.2) is 0 Å². The van der Waals surface area contributed by atoms with Crippen molar-refractivity contribution in [2.45, 2.75) is 19.4 Å². The van der Waals surface area contributed by atoms with Crippen molar-refractivity contribution < 1.29 is 9.59 Å². The number of benzene rings is 2. The second kappa shape index (κ2) is 8.54. The molecule has 0 bridgehead atoms. The molecule has 1 aliphatic rings. The molecular formula is C22H25N3O2. The van der Waals surface area contributed by atoms with Gasteiger partial charge in [0.1, 0.15) is 0 Å². The highest BCUT2D eigenvalue weighted by atomic mass is 16.2. The molecule has 2 aromatic carbocycles. The number of carbonyl (C=O) groups is 2. The SMILES string of the molecule is CC(=O)N1C=Cc2ccccc2[C@@H]1CC(=O)NCCN(C)c1ccccc1. The molecule has 0 unspecified atom stereocenters. The van der Waals surface area contributed by atoms with E-state index < -0.39 is 0 Å². The van der Waals surface area contributed by atoms with E-state index in [-0.39, 0.29) is 24.3 Å². The maximum absolute atomic E-state index is 12.5. The van der Waals surface area contributed by atoms with Crippen molar-refractivity contribution in [2.24, 2.45) is 0 Å². The van der Waals surface area contributed by atoms with Crippen molar-refractivity contribution in [2.75, 3.05) is 25.0 Å². The average Bonchev–Trinajstić information content (AvgIpc) is 2.68. The van der Waals surface area contributed by atoms with Gasteiger partial charge in [-0.2, -0.15) is 0 Å². The highest BCUT2D eigenvalue weighted by molar-refractivity contribution is 5.81. The normalized spacial score (nSPS) is 15.2. The molecule has 0 spiro atoms. The minimum absolute atomic E-state index is 0.0576. The Hall–Kier alpha value is -3.08. The molecule has 1 atom stereocenters. The number of anilines is 1. The van der Waals surface area contributed by atoms with Gasteiger partial charge in [0.2, 0.25) is 11.8 Å². The van der Waals surface area contributed by atoms with Crippen molar-refractivity contribution in [3.63, 3.8) is 0 Å². The van der Waals surface area contributed by atoms with E-state index in [2.05, 4.69) is 10.2 Å². The molecule has 2 aromatic rings. The predicted octanol–water partition coefficient (Wildman–Crippen LogP) is 3.20. The second-order valence-electron chi connectivity index (χ2n) is 6.70. The Kier molecular flexibility index (Phi) is 5.91. The molecule has 140 valence electrons. The summed E-state index contributed by atoms with van der Waals surface area (Å²) in [7, 11) is 2.00. The molecule has 5 nitrogen and oxygen atoms in total. The van der Waals surface area contributed by atoms with E-state index in [1.54, 1.807) is 11.1 Å². The molecule has 2 amide bonds. The molecule has 1 heterocycles. The molecule has 0 aromatic heterocycles. The number of nitrogens with one attached hydrogen (secondary N) is 1. The lowest BCUT2D eigenvalue weighted by molar-refractivity contribution is -0.129. The molecule has 0 radical (unpaired) electrons. The third-order valence-electron chi connectivity index (χ3n) is 4.81. The molecule has 0 aliphatic carbocycles. The van der Waals surface area contributed by atoms with Crippen LogP contribution in [-0.4, -0.2) is 36.9 Å². The van der Waals surface area contributed by atoms with Gasteiger partial charge in [0.15, 0.2) is 0 Å². The van der Waals surface area contributed by atoms with Crippen LogP contribution in [0, 0.1) is 0 Å². The molecule has 0 saturated heterocycles. The molecule has 3 rings (SSSR count). The molecular weight excluding hydrogens is 338 g/mol. The van der Waals surface area contributed by atoms with Crippen LogP contribution in [0.25, 0.3) is 6.08 Å². The first kappa shape index (κ1) is 18.7. The quantitative estimate of drug-likeness (QED) is 0.857. The van der Waals surface area contributed by atoms with Crippen LogP contribution in [0.4, 0.5) is 5.69 Å². The van der Waals surface area contributed by atoms with Gasteiger partial charge in [-0.15, -0.1) is 0 Å². The summed E-state index contributed by atoms with van der Waals surface area (Å²) in [5.74, 6) is -0.125. The average molecular weight is 363 g/mol. The fourth-order valence-corrected chi connectivity index (χ4v) is 3.34. The van der Waals surface area contributed by atoms with Gasteiger partial charge in [0.25, 0.3) is 0 Å². The van der Waals surface area contributed by atoms with Crippen molar-refractivity contribution in [1.29, 1.82) is 0 Å². The standard InChI is InChI=1S/C22H25N3O2/c1-17(26)25-14-12-18-8-6-7-11-20(18)21(25)16-22(27)23-13-15-24(2)19-9-4-3-5-10-19/h3-12,14,21H,13,15-16H2,1-2H3,(H,23,27)/t21-/m0/s1. The second-order valence-corrected chi connectivity index (χ2v) is 6.70. The number of hydrogen-bond donors (Lipinski definition) is 1. The molecule has 0 fully saturated rings. The van der Waals surface area contributed by atoms with E-state index in [0.717, 1.165) is 16.8 Å². The van der Waals surface area contributed by atoms with E-state index in [1.807, 2.05) is 67.7 Å². The minimum atomic E-state index is -0.268. The van der Waals surface area contributed by atoms with Gasteiger partial charge in [-0.1, -0.05) is 42.5 Å². The maximum Gasteiger partial charge on any atom is 0.223 e. The lowest BCUT2D eigenvalue weighted by Crippen LogP contribution is -2.37. The Morgan fingerprint density at radius 3 is 2.52 bits per heavy atom. The summed E-state index contributed by atoms with van der Waals surface area (Å²) >= 11 is 0. The fraction of sp³-hybridized carbons (Fsp3) is 0.273. The number of nitrogens with zero attached hydrogens (tertiary/aromatic N) is 2. The van der Waals surface area contributed by atoms with Crippen LogP contribution in [0.2, 0.25) is 0 Å². The Morgan fingerprint density at radius 2 is 1.78 bits per heavy atom. The summed E-state index contributed by atoms with van der Waals surface area (Å²) in [6, 6.07) is 17.7. The van der Waals surface area contributed by atoms with Crippen LogP contribution in [0.1, 0.15) is 30.5 Å². The van der Waals surface area contributed by atoms with Gasteiger partial charge in [-0.05, 0) is 29.3 Å². The predicted molar refractivity (Wildman–Crippen MR) is 108 cm³/mol. The van der Waals surface area contributed by atoms with E-state index in [1.165, 1.54) is 6.92 Å². The number of fused-ring (bicyclic) bond motifs is 1. The Bertz CT molecular complexity index is 832. The van der Waals surface area contributed by atoms with Gasteiger partial charge < -0.3 is 15.1 Å². The number of hydrogen-bond acceptors (Lipinski definition) is 3. The smallest absolute Gasteiger partial charge is 0.223 e. The highest BCUT2D eigenvalue weighted by Crippen LogP contribution is 2.32. The summed E-state index contributed by atoms with van der Waals surface area (Å²) in [6.07, 6.45) is 3.93. The van der Waals surface area contributed by atoms with Gasteiger partial charge in [-0.3, -0.25) is 9.59 Å². The first-order valence-electron chi connectivity index (χ1n) is 9.15. The summed E-state index contributed by atoms with van der Waals surface area (Å²) in [6.45, 7) is 2.79. The number of rotatable bonds is 6. The summed E-state index contributed by atoms with van der Waals surface area (Å²) < 4.78 is 0. The number of para-hydroxylation sites is 1. The third-order valence-corrected chi connectivity index (χ3v) is 4.81. The maximum atomic E-state index is 12.5. The van der Waals surface area contributed by atoms with E-state index in [0.29, 0.717) is 13.1 Å². The number of carbonyl (C=O) groups excluding carboxylic acids is 2. The zero-order valence-corrected chi connectivity index (χ0v) is 15.8. The molecule has 5 heteroatoms. The zero-order valence-electron chi connectivity index (χ0n) is 15.8. The van der Waals surface area contributed by atoms with Crippen molar-refractivity contribution in [3.8, 4) is 0 Å². The Morgan fingerprint density at radius 1 is 1.07 bits per heavy atom. The minimum Gasteiger partial charge on any atom is -0.373 e. The highest BCUT2D eigenvalue weighted by Gasteiger charge is 2.27. The zero-order chi connectivity index (χ0) is 19.2. The molecule has 1 N–H and O–H groups in total. The van der Waals surface area contributed by atoms with Gasteiger partial charge >= 0.3 is 0 Å². The monoisotopic (exact) mass is 363 g/mol. The Labute approximate surface area is 160 Å². The van der Waals surface area contributed by atoms with Crippen LogP contribution in [0.3, 0.4) is 0 Å². The van der Waals surface area contributed by atoms with Crippen molar-refractivity contribution in [1.82, 2.24) is 10.2 Å². The third kappa shape index (κ3) is 4.56. The summed E-state index contributed by atoms with van der Waals surface area (Å²) in [4.78, 5) is 28.2. The van der Waals surface area contributed by atoms with Gasteiger partial charge in [0.05, 0.1) is 12.5 Å².